The van der Waals surface area contributed by atoms with Crippen LogP contribution < -0.4 is 0 Å². The van der Waals surface area contributed by atoms with Gasteiger partial charge in [0.1, 0.15) is 5.78 Å². The molecular formula is C29H46O7. The van der Waals surface area contributed by atoms with E-state index in [4.69, 9.17) is 9.47 Å². The van der Waals surface area contributed by atoms with Gasteiger partial charge in [-0.25, -0.2) is 0 Å². The molecule has 0 aromatic rings. The van der Waals surface area contributed by atoms with E-state index in [1.807, 2.05) is 6.92 Å². The van der Waals surface area contributed by atoms with Crippen LogP contribution in [0.3, 0.4) is 0 Å². The third kappa shape index (κ3) is 3.78. The molecule has 4 aliphatic carbocycles. The fraction of sp³-hybridized carbons (Fsp3) is 0.897. The average molecular weight is 507 g/mol. The Bertz CT molecular complexity index is 913. The van der Waals surface area contributed by atoms with Crippen LogP contribution in [0.15, 0.2) is 0 Å². The second kappa shape index (κ2) is 9.07. The number of hydrogen-bond acceptors (Lipinski definition) is 7. The van der Waals surface area contributed by atoms with Crippen LogP contribution in [0.2, 0.25) is 0 Å². The molecule has 10 atom stereocenters. The van der Waals surface area contributed by atoms with Crippen LogP contribution in [0.4, 0.5) is 0 Å². The van der Waals surface area contributed by atoms with Crippen LogP contribution in [0.1, 0.15) is 86.5 Å². The molecular weight excluding hydrogens is 460 g/mol. The van der Waals surface area contributed by atoms with Crippen LogP contribution >= 0.6 is 0 Å². The van der Waals surface area contributed by atoms with Crippen LogP contribution in [-0.2, 0) is 23.9 Å². The summed E-state index contributed by atoms with van der Waals surface area (Å²) in [5.74, 6) is -2.65. The van der Waals surface area contributed by atoms with Gasteiger partial charge in [0.05, 0.1) is 37.8 Å². The SMILES string of the molecule is COC(=O)[C@H]1[C@H](C(C)=O)[C@@H](O)C[C@H]2[C@]3(C)CC[C@H]4C(C)(C)CCC[C@]4(COC(C)=O)[C@H]3C[C@@H](O)[C@]12C. The lowest BCUT2D eigenvalue weighted by Crippen LogP contribution is -2.71. The van der Waals surface area contributed by atoms with Crippen molar-refractivity contribution in [2.75, 3.05) is 13.7 Å². The highest BCUT2D eigenvalue weighted by Gasteiger charge is 2.72. The lowest BCUT2D eigenvalue weighted by atomic mass is 9.33. The molecule has 0 aliphatic heterocycles. The number of aliphatic hydroxyl groups excluding tert-OH is 2. The zero-order valence-corrected chi connectivity index (χ0v) is 23.1. The summed E-state index contributed by atoms with van der Waals surface area (Å²) in [5.41, 5.74) is -1.39. The van der Waals surface area contributed by atoms with Crippen molar-refractivity contribution < 1.29 is 34.1 Å². The molecule has 0 spiro atoms. The molecule has 0 unspecified atom stereocenters. The molecule has 7 nitrogen and oxygen atoms in total. The molecule has 4 aliphatic rings. The third-order valence-corrected chi connectivity index (χ3v) is 11.7. The number of hydrogen-bond donors (Lipinski definition) is 2. The molecule has 0 aromatic heterocycles. The van der Waals surface area contributed by atoms with Gasteiger partial charge in [0.25, 0.3) is 0 Å². The highest BCUT2D eigenvalue weighted by molar-refractivity contribution is 5.86. The van der Waals surface area contributed by atoms with Gasteiger partial charge >= 0.3 is 11.9 Å². The first kappa shape index (κ1) is 27.6. The van der Waals surface area contributed by atoms with E-state index < -0.39 is 35.4 Å². The van der Waals surface area contributed by atoms with Crippen LogP contribution in [0.25, 0.3) is 0 Å². The molecule has 204 valence electrons. The highest BCUT2D eigenvalue weighted by atomic mass is 16.5. The van der Waals surface area contributed by atoms with Crippen LogP contribution in [0, 0.1) is 51.2 Å². The predicted octanol–water partition coefficient (Wildman–Crippen LogP) is 3.92. The summed E-state index contributed by atoms with van der Waals surface area (Å²) in [6.45, 7) is 12.0. The Labute approximate surface area is 215 Å². The lowest BCUT2D eigenvalue weighted by molar-refractivity contribution is -0.271. The maximum absolute atomic E-state index is 13.2. The van der Waals surface area contributed by atoms with Crippen molar-refractivity contribution in [2.24, 2.45) is 51.2 Å². The van der Waals surface area contributed by atoms with Gasteiger partial charge < -0.3 is 19.7 Å². The Morgan fingerprint density at radius 2 is 1.58 bits per heavy atom. The summed E-state index contributed by atoms with van der Waals surface area (Å²) in [6, 6.07) is 0. The molecule has 0 bridgehead atoms. The quantitative estimate of drug-likeness (QED) is 0.556. The van der Waals surface area contributed by atoms with Gasteiger partial charge in [-0.2, -0.15) is 0 Å². The first-order valence-electron chi connectivity index (χ1n) is 13.7. The highest BCUT2D eigenvalue weighted by Crippen LogP contribution is 2.73. The van der Waals surface area contributed by atoms with Gasteiger partial charge in [0.2, 0.25) is 0 Å². The molecule has 0 saturated heterocycles. The Balaban J connectivity index is 1.85. The van der Waals surface area contributed by atoms with E-state index in [0.717, 1.165) is 32.1 Å². The molecule has 7 heteroatoms. The van der Waals surface area contributed by atoms with Gasteiger partial charge in [-0.1, -0.05) is 34.1 Å². The van der Waals surface area contributed by atoms with Crippen molar-refractivity contribution in [2.45, 2.75) is 98.7 Å². The molecule has 4 rings (SSSR count). The smallest absolute Gasteiger partial charge is 0.310 e. The van der Waals surface area contributed by atoms with E-state index in [2.05, 4.69) is 20.8 Å². The zero-order valence-electron chi connectivity index (χ0n) is 23.1. The number of ketones is 1. The molecule has 0 amide bonds. The van der Waals surface area contributed by atoms with Crippen LogP contribution in [0.5, 0.6) is 0 Å². The normalized spacial score (nSPS) is 47.5. The van der Waals surface area contributed by atoms with Gasteiger partial charge in [-0.05, 0) is 74.0 Å². The minimum Gasteiger partial charge on any atom is -0.469 e. The molecule has 0 radical (unpaired) electrons. The number of carbonyl (C=O) groups excluding carboxylic acids is 3. The molecule has 4 fully saturated rings. The second-order valence-corrected chi connectivity index (χ2v) is 13.6. The van der Waals surface area contributed by atoms with Gasteiger partial charge in [-0.3, -0.25) is 14.4 Å². The van der Waals surface area contributed by atoms with E-state index >= 15 is 0 Å². The minimum absolute atomic E-state index is 0.0649. The number of fused-ring (bicyclic) bond motifs is 5. The second-order valence-electron chi connectivity index (χ2n) is 13.6. The standard InChI is InChI=1S/C29H46O7/c1-16(30)23-18(32)13-20-27(5)12-9-19-26(3,4)10-8-11-29(19,15-36-17(2)31)21(27)14-22(33)28(20,6)24(23)25(34)35-7/h18-24,32-33H,8-15H2,1-7H3/t18-,19-,20-,21-,22+,23+,24+,27-,28+,29+/m0/s1. The first-order chi connectivity index (χ1) is 16.7. The Morgan fingerprint density at radius 1 is 0.917 bits per heavy atom. The first-order valence-corrected chi connectivity index (χ1v) is 13.7. The van der Waals surface area contributed by atoms with E-state index in [0.29, 0.717) is 25.4 Å². The predicted molar refractivity (Wildman–Crippen MR) is 134 cm³/mol. The summed E-state index contributed by atoms with van der Waals surface area (Å²) >= 11 is 0. The van der Waals surface area contributed by atoms with Gasteiger partial charge in [-0.15, -0.1) is 0 Å². The molecule has 0 heterocycles. The number of rotatable bonds is 4. The van der Waals surface area contributed by atoms with E-state index in [-0.39, 0.29) is 39.8 Å². The number of aliphatic hydroxyl groups is 2. The summed E-state index contributed by atoms with van der Waals surface area (Å²) in [6.07, 6.45) is 3.98. The maximum Gasteiger partial charge on any atom is 0.310 e. The molecule has 4 saturated carbocycles. The molecule has 2 N–H and O–H groups in total. The minimum atomic E-state index is -0.975. The van der Waals surface area contributed by atoms with Crippen molar-refractivity contribution in [3.8, 4) is 0 Å². The fourth-order valence-corrected chi connectivity index (χ4v) is 10.2. The number of carbonyl (C=O) groups is 3. The zero-order chi connectivity index (χ0) is 26.8. The van der Waals surface area contributed by atoms with Crippen molar-refractivity contribution in [3.05, 3.63) is 0 Å². The van der Waals surface area contributed by atoms with Gasteiger partial charge in [0, 0.05) is 17.8 Å². The van der Waals surface area contributed by atoms with E-state index in [1.54, 1.807) is 0 Å². The summed E-state index contributed by atoms with van der Waals surface area (Å²) in [5, 5.41) is 23.2. The summed E-state index contributed by atoms with van der Waals surface area (Å²) < 4.78 is 11.0. The Kier molecular flexibility index (Phi) is 6.95. The maximum atomic E-state index is 13.2. The molecule has 36 heavy (non-hydrogen) atoms. The van der Waals surface area contributed by atoms with Crippen LogP contribution in [-0.4, -0.2) is 53.9 Å². The van der Waals surface area contributed by atoms with Crippen molar-refractivity contribution >= 4 is 17.7 Å². The summed E-state index contributed by atoms with van der Waals surface area (Å²) in [4.78, 5) is 37.9. The third-order valence-electron chi connectivity index (χ3n) is 11.7. The lowest BCUT2D eigenvalue weighted by Gasteiger charge is -2.71. The Hall–Kier alpha value is -1.47. The number of esters is 2. The summed E-state index contributed by atoms with van der Waals surface area (Å²) in [7, 11) is 1.31. The van der Waals surface area contributed by atoms with E-state index in [1.165, 1.54) is 21.0 Å². The average Bonchev–Trinajstić information content (AvgIpc) is 2.78. The van der Waals surface area contributed by atoms with Gasteiger partial charge in [0.15, 0.2) is 0 Å². The Morgan fingerprint density at radius 3 is 2.17 bits per heavy atom. The topological polar surface area (TPSA) is 110 Å². The van der Waals surface area contributed by atoms with Crippen molar-refractivity contribution in [3.63, 3.8) is 0 Å². The molecule has 0 aromatic carbocycles. The number of Topliss-reactive ketones (excluding diaryl/α,β-unsaturated/α-hetero) is 1. The fourth-order valence-electron chi connectivity index (χ4n) is 10.2. The van der Waals surface area contributed by atoms with Crippen molar-refractivity contribution in [1.82, 2.24) is 0 Å². The van der Waals surface area contributed by atoms with Crippen molar-refractivity contribution in [1.29, 1.82) is 0 Å². The number of methoxy groups -OCH3 is 1. The van der Waals surface area contributed by atoms with E-state index in [9.17, 15) is 24.6 Å². The largest absolute Gasteiger partial charge is 0.469 e. The monoisotopic (exact) mass is 506 g/mol. The number of ether oxygens (including phenoxy) is 2.